The molecule has 69 heavy (non-hydrogen) atoms. The number of aliphatic hydroxyl groups excluding tert-OH is 2. The molecule has 8 rings (SSSR count). The molecule has 0 aliphatic carbocycles. The molecule has 0 saturated carbocycles. The highest BCUT2D eigenvalue weighted by Crippen LogP contribution is 2.61. The molecule has 4 aromatic carbocycles. The summed E-state index contributed by atoms with van der Waals surface area (Å²) in [6.45, 7) is 10.1. The Labute approximate surface area is 406 Å². The van der Waals surface area contributed by atoms with E-state index in [0.29, 0.717) is 93.1 Å². The Bertz CT molecular complexity index is 2520. The van der Waals surface area contributed by atoms with Gasteiger partial charge in [0, 0.05) is 43.3 Å². The Hall–Kier alpha value is -5.58. The van der Waals surface area contributed by atoms with Crippen LogP contribution in [0.4, 0.5) is 17.1 Å². The molecule has 3 N–H and O–H groups in total. The maximum absolute atomic E-state index is 15.8. The molecule has 6 atom stereocenters. The predicted octanol–water partition coefficient (Wildman–Crippen LogP) is 6.29. The fraction of sp³-hybridized carbons (Fsp3) is 0.481. The van der Waals surface area contributed by atoms with Crippen molar-refractivity contribution >= 4 is 54.0 Å². The Morgan fingerprint density at radius 3 is 2.32 bits per heavy atom. The summed E-state index contributed by atoms with van der Waals surface area (Å²) in [5.74, 6) is 0.119. The zero-order chi connectivity index (χ0) is 49.0. The van der Waals surface area contributed by atoms with Gasteiger partial charge in [-0.2, -0.15) is 0 Å². The van der Waals surface area contributed by atoms with Crippen LogP contribution in [0.5, 0.6) is 11.5 Å². The van der Waals surface area contributed by atoms with Crippen LogP contribution in [0.2, 0.25) is 18.6 Å². The van der Waals surface area contributed by atoms with Gasteiger partial charge < -0.3 is 44.3 Å². The molecule has 4 heterocycles. The first-order chi connectivity index (χ1) is 33.3. The van der Waals surface area contributed by atoms with Crippen LogP contribution >= 0.6 is 0 Å². The van der Waals surface area contributed by atoms with E-state index < -0.39 is 37.8 Å². The molecule has 15 heteroatoms. The zero-order valence-electron chi connectivity index (χ0n) is 40.9. The number of anilines is 3. The molecule has 368 valence electrons. The minimum absolute atomic E-state index is 0.00672. The van der Waals surface area contributed by atoms with Gasteiger partial charge in [0.1, 0.15) is 11.5 Å². The van der Waals surface area contributed by atoms with Crippen molar-refractivity contribution in [3.8, 4) is 11.5 Å². The van der Waals surface area contributed by atoms with Crippen molar-refractivity contribution in [1.82, 2.24) is 10.2 Å². The van der Waals surface area contributed by atoms with Gasteiger partial charge in [-0.15, -0.1) is 0 Å². The summed E-state index contributed by atoms with van der Waals surface area (Å²) in [6.07, 6.45) is 2.82. The number of unbranched alkanes of at least 4 members (excludes halogenated alkanes) is 2. The fourth-order valence-corrected chi connectivity index (χ4v) is 15.6. The van der Waals surface area contributed by atoms with Crippen molar-refractivity contribution in [3.63, 3.8) is 0 Å². The monoisotopic (exact) mass is 960 g/mol. The van der Waals surface area contributed by atoms with E-state index in [-0.39, 0.29) is 55.3 Å². The Morgan fingerprint density at radius 2 is 1.61 bits per heavy atom. The number of rotatable bonds is 19. The third kappa shape index (κ3) is 9.55. The third-order valence-electron chi connectivity index (χ3n) is 15.1. The zero-order valence-corrected chi connectivity index (χ0v) is 41.9. The van der Waals surface area contributed by atoms with Crippen LogP contribution in [-0.2, 0) is 53.6 Å². The molecule has 3 amide bonds. The molecule has 0 aromatic heterocycles. The number of ether oxygens (including phenoxy) is 4. The summed E-state index contributed by atoms with van der Waals surface area (Å²) >= 11 is 0. The van der Waals surface area contributed by atoms with Gasteiger partial charge in [0.25, 0.3) is 5.91 Å². The number of hydrogen-bond acceptors (Lipinski definition) is 11. The maximum Gasteiger partial charge on any atom is 0.305 e. The number of amides is 3. The molecule has 4 aliphatic heterocycles. The summed E-state index contributed by atoms with van der Waals surface area (Å²) in [6, 6.07) is 26.6. The Balaban J connectivity index is 1.24. The van der Waals surface area contributed by atoms with Crippen molar-refractivity contribution in [2.75, 3.05) is 56.9 Å². The second-order valence-electron chi connectivity index (χ2n) is 19.4. The van der Waals surface area contributed by atoms with Crippen molar-refractivity contribution in [2.45, 2.75) is 114 Å². The number of methoxy groups -OCH3 is 2. The van der Waals surface area contributed by atoms with E-state index in [2.05, 4.69) is 37.5 Å². The van der Waals surface area contributed by atoms with Gasteiger partial charge in [-0.05, 0) is 123 Å². The van der Waals surface area contributed by atoms with Gasteiger partial charge >= 0.3 is 5.97 Å². The van der Waals surface area contributed by atoms with Crippen LogP contribution in [-0.4, -0.2) is 112 Å². The Kier molecular flexibility index (Phi) is 15.3. The van der Waals surface area contributed by atoms with Gasteiger partial charge in [0.15, 0.2) is 5.60 Å². The minimum atomic E-state index is -2.69. The largest absolute Gasteiger partial charge is 0.497 e. The molecule has 1 unspecified atom stereocenters. The lowest BCUT2D eigenvalue weighted by Gasteiger charge is -2.39. The minimum Gasteiger partial charge on any atom is -0.497 e. The lowest BCUT2D eigenvalue weighted by Crippen LogP contribution is -2.52. The first-order valence-electron chi connectivity index (χ1n) is 24.6. The van der Waals surface area contributed by atoms with Gasteiger partial charge in [-0.1, -0.05) is 61.6 Å². The molecule has 0 radical (unpaired) electrons. The number of aliphatic hydroxyl groups is 2. The molecule has 4 aromatic rings. The van der Waals surface area contributed by atoms with E-state index in [9.17, 15) is 24.6 Å². The summed E-state index contributed by atoms with van der Waals surface area (Å²) in [5.41, 5.74) is 3.84. The van der Waals surface area contributed by atoms with E-state index in [1.807, 2.05) is 79.7 Å². The normalized spacial score (nSPS) is 23.0. The summed E-state index contributed by atoms with van der Waals surface area (Å²) in [4.78, 5) is 63.0. The van der Waals surface area contributed by atoms with Gasteiger partial charge in [-0.3, -0.25) is 24.1 Å². The molecule has 14 nitrogen and oxygen atoms in total. The van der Waals surface area contributed by atoms with Crippen molar-refractivity contribution in [3.05, 3.63) is 107 Å². The predicted molar refractivity (Wildman–Crippen MR) is 267 cm³/mol. The molecule has 1 saturated heterocycles. The van der Waals surface area contributed by atoms with Crippen LogP contribution in [0.3, 0.4) is 0 Å². The van der Waals surface area contributed by atoms with E-state index in [4.69, 9.17) is 18.9 Å². The van der Waals surface area contributed by atoms with E-state index in [1.165, 1.54) is 7.11 Å². The number of carbonyl (C=O) groups excluding carboxylic acids is 4. The standard InChI is InChI=1S/C54H68N4O10Si/c1-7-67-42-20-24-46-38(29-42)30-45(55-25-11-13-27-59)52(63)58(46)39-17-23-47-44(31-39)54(53(64)56(47)26-12-10-16-50(62)66-4)35(2)51(69(5,6)43-21-18-41(65-3)19-22-43)48(68-54)32-49(61)57-33-37-15-9-8-14-36(37)28-40(57)34-60/h8-9,14-15,17-24,29,31,35,40,45,48,51,55,59-60H,7,10-13,16,25-28,30,32-34H2,1-6H3/t35-,40+,45?,48+,51-,54+/m1/s1. The van der Waals surface area contributed by atoms with Crippen LogP contribution in [0.15, 0.2) is 84.9 Å². The molecule has 4 aliphatic rings. The van der Waals surface area contributed by atoms with Crippen molar-refractivity contribution in [1.29, 1.82) is 0 Å². The fourth-order valence-electron chi connectivity index (χ4n) is 11.6. The third-order valence-corrected chi connectivity index (χ3v) is 19.5. The van der Waals surface area contributed by atoms with E-state index in [0.717, 1.165) is 27.6 Å². The number of benzene rings is 4. The summed E-state index contributed by atoms with van der Waals surface area (Å²) < 4.78 is 23.9. The van der Waals surface area contributed by atoms with E-state index >= 15 is 4.79 Å². The lowest BCUT2D eigenvalue weighted by atomic mass is 9.82. The second kappa shape index (κ2) is 21.2. The number of nitrogens with one attached hydrogen (secondary N) is 1. The van der Waals surface area contributed by atoms with Gasteiger partial charge in [-0.25, -0.2) is 0 Å². The molecule has 1 spiro atoms. The molecular weight excluding hydrogens is 893 g/mol. The average molecular weight is 961 g/mol. The average Bonchev–Trinajstić information content (AvgIpc) is 3.78. The SMILES string of the molecule is CCOc1ccc2c(c1)CC(NCCCCO)C(=O)N2c1ccc2c(c1)[C@]1(O[C@@H](CC(=O)N3Cc4ccccc4C[C@H]3CO)[C@H]([Si](C)(C)c3ccc(OC)cc3)[C@H]1C)C(=O)N2CCCCC(=O)OC. The number of carbonyl (C=O) groups is 4. The first kappa shape index (κ1) is 49.8. The number of esters is 1. The Morgan fingerprint density at radius 1 is 0.870 bits per heavy atom. The highest BCUT2D eigenvalue weighted by molar-refractivity contribution is 6.91. The topological polar surface area (TPSA) is 167 Å². The highest BCUT2D eigenvalue weighted by Gasteiger charge is 2.66. The van der Waals surface area contributed by atoms with Gasteiger partial charge in [0.05, 0.1) is 71.5 Å². The number of fused-ring (bicyclic) bond motifs is 4. The molecule has 0 bridgehead atoms. The number of hydrogen-bond donors (Lipinski definition) is 3. The lowest BCUT2D eigenvalue weighted by molar-refractivity contribution is -0.151. The van der Waals surface area contributed by atoms with Crippen molar-refractivity contribution in [2.24, 2.45) is 5.92 Å². The van der Waals surface area contributed by atoms with Crippen LogP contribution < -0.4 is 29.8 Å². The highest BCUT2D eigenvalue weighted by atomic mass is 28.3. The number of nitrogens with zero attached hydrogens (tertiary/aromatic N) is 3. The smallest absolute Gasteiger partial charge is 0.305 e. The second-order valence-corrected chi connectivity index (χ2v) is 24.1. The molecule has 1 fully saturated rings. The van der Waals surface area contributed by atoms with Crippen LogP contribution in [0.1, 0.15) is 74.6 Å². The quantitative estimate of drug-likeness (QED) is 0.0550. The van der Waals surface area contributed by atoms with Crippen LogP contribution in [0.25, 0.3) is 0 Å². The van der Waals surface area contributed by atoms with E-state index in [1.54, 1.807) is 21.8 Å². The van der Waals surface area contributed by atoms with Crippen LogP contribution in [0, 0.1) is 5.92 Å². The molecular formula is C54H68N4O10Si. The summed E-state index contributed by atoms with van der Waals surface area (Å²) in [7, 11) is 0.312. The maximum atomic E-state index is 15.8. The van der Waals surface area contributed by atoms with Crippen molar-refractivity contribution < 1.29 is 48.3 Å². The van der Waals surface area contributed by atoms with Gasteiger partial charge in [0.2, 0.25) is 11.8 Å². The first-order valence-corrected chi connectivity index (χ1v) is 27.7. The summed E-state index contributed by atoms with van der Waals surface area (Å²) in [5, 5.41) is 24.7.